The van der Waals surface area contributed by atoms with Crippen LogP contribution in [-0.4, -0.2) is 31.7 Å². The molecule has 0 aromatic carbocycles. The summed E-state index contributed by atoms with van der Waals surface area (Å²) in [5.74, 6) is -1.45. The van der Waals surface area contributed by atoms with Crippen LogP contribution in [0.15, 0.2) is 24.3 Å². The molecule has 1 aliphatic rings. The molecule has 5 heteroatoms. The van der Waals surface area contributed by atoms with E-state index in [2.05, 4.69) is 9.47 Å². The monoisotopic (exact) mass is 211 g/mol. The number of hydrogen-bond acceptors (Lipinski definition) is 5. The second kappa shape index (κ2) is 4.27. The molecule has 0 radical (unpaired) electrons. The highest BCUT2D eigenvalue weighted by molar-refractivity contribution is 5.87. The van der Waals surface area contributed by atoms with Crippen molar-refractivity contribution in [3.05, 3.63) is 24.3 Å². The van der Waals surface area contributed by atoms with Crippen molar-refractivity contribution in [3.8, 4) is 0 Å². The lowest BCUT2D eigenvalue weighted by molar-refractivity contribution is -0.144. The molecule has 0 atom stereocenters. The minimum atomic E-state index is -1.28. The Morgan fingerprint density at radius 1 is 1.20 bits per heavy atom. The quantitative estimate of drug-likeness (QED) is 0.504. The van der Waals surface area contributed by atoms with Gasteiger partial charge < -0.3 is 15.2 Å². The van der Waals surface area contributed by atoms with Gasteiger partial charge in [0.1, 0.15) is 0 Å². The van der Waals surface area contributed by atoms with Gasteiger partial charge in [0.05, 0.1) is 20.1 Å². The molecule has 0 aromatic rings. The van der Waals surface area contributed by atoms with Crippen LogP contribution >= 0.6 is 0 Å². The minimum Gasteiger partial charge on any atom is -0.468 e. The largest absolute Gasteiger partial charge is 0.468 e. The summed E-state index contributed by atoms with van der Waals surface area (Å²) in [4.78, 5) is 22.4. The molecule has 0 heterocycles. The minimum absolute atomic E-state index is 0.394. The first-order chi connectivity index (χ1) is 7.03. The summed E-state index contributed by atoms with van der Waals surface area (Å²) in [6.07, 6.45) is 5.90. The molecule has 0 spiro atoms. The number of rotatable bonds is 2. The number of carbonyl (C=O) groups excluding carboxylic acids is 2. The third kappa shape index (κ3) is 2.24. The molecule has 82 valence electrons. The Kier molecular flexibility index (Phi) is 3.26. The maximum atomic E-state index is 11.3. The van der Waals surface area contributed by atoms with Crippen LogP contribution in [-0.2, 0) is 19.1 Å². The van der Waals surface area contributed by atoms with Gasteiger partial charge in [-0.15, -0.1) is 0 Å². The van der Waals surface area contributed by atoms with Gasteiger partial charge >= 0.3 is 11.9 Å². The number of methoxy groups -OCH3 is 2. The molecule has 5 nitrogen and oxygen atoms in total. The van der Waals surface area contributed by atoms with E-state index >= 15 is 0 Å². The lowest BCUT2D eigenvalue weighted by Gasteiger charge is -2.22. The average molecular weight is 211 g/mol. The summed E-state index contributed by atoms with van der Waals surface area (Å²) < 4.78 is 9.08. The van der Waals surface area contributed by atoms with E-state index in [1.165, 1.54) is 38.5 Å². The molecule has 1 aliphatic carbocycles. The van der Waals surface area contributed by atoms with Crippen LogP contribution in [0.4, 0.5) is 0 Å². The zero-order chi connectivity index (χ0) is 11.5. The summed E-state index contributed by atoms with van der Waals surface area (Å²) in [5.41, 5.74) is 4.44. The predicted molar refractivity (Wildman–Crippen MR) is 52.7 cm³/mol. The van der Waals surface area contributed by atoms with Crippen LogP contribution in [0.5, 0.6) is 0 Å². The van der Waals surface area contributed by atoms with Crippen molar-refractivity contribution in [2.24, 2.45) is 11.7 Å². The first-order valence-corrected chi connectivity index (χ1v) is 4.37. The third-order valence-corrected chi connectivity index (χ3v) is 2.17. The third-order valence-electron chi connectivity index (χ3n) is 2.17. The van der Waals surface area contributed by atoms with E-state index in [0.29, 0.717) is 0 Å². The summed E-state index contributed by atoms with van der Waals surface area (Å²) >= 11 is 0. The van der Waals surface area contributed by atoms with E-state index in [-0.39, 0.29) is 0 Å². The standard InChI is InChI=1S/C10H13NO4/c1-14-8(12)7-3-5-10(11,6-4-7)9(13)15-2/h3-7H,11H2,1-2H3. The van der Waals surface area contributed by atoms with E-state index in [0.717, 1.165) is 0 Å². The van der Waals surface area contributed by atoms with Crippen LogP contribution in [0, 0.1) is 5.92 Å². The van der Waals surface area contributed by atoms with E-state index in [1.54, 1.807) is 0 Å². The van der Waals surface area contributed by atoms with Crippen LogP contribution in [0.1, 0.15) is 0 Å². The molecule has 1 rings (SSSR count). The first kappa shape index (κ1) is 11.5. The molecule has 0 unspecified atom stereocenters. The van der Waals surface area contributed by atoms with E-state index < -0.39 is 23.4 Å². The van der Waals surface area contributed by atoms with Crippen molar-refractivity contribution in [1.82, 2.24) is 0 Å². The van der Waals surface area contributed by atoms with Gasteiger partial charge in [0.2, 0.25) is 0 Å². The summed E-state index contributed by atoms with van der Waals surface area (Å²) in [5, 5.41) is 0. The van der Waals surface area contributed by atoms with Gasteiger partial charge in [-0.2, -0.15) is 0 Å². The van der Waals surface area contributed by atoms with Gasteiger partial charge in [-0.25, -0.2) is 4.79 Å². The lowest BCUT2D eigenvalue weighted by Crippen LogP contribution is -2.46. The summed E-state index contributed by atoms with van der Waals surface area (Å²) in [6.45, 7) is 0. The highest BCUT2D eigenvalue weighted by atomic mass is 16.5. The molecule has 0 saturated heterocycles. The van der Waals surface area contributed by atoms with Gasteiger partial charge in [0.25, 0.3) is 0 Å². The van der Waals surface area contributed by atoms with E-state index in [4.69, 9.17) is 5.73 Å². The van der Waals surface area contributed by atoms with Crippen molar-refractivity contribution in [2.75, 3.05) is 14.2 Å². The van der Waals surface area contributed by atoms with Gasteiger partial charge in [0, 0.05) is 0 Å². The molecule has 0 bridgehead atoms. The van der Waals surface area contributed by atoms with Crippen molar-refractivity contribution in [1.29, 1.82) is 0 Å². The van der Waals surface area contributed by atoms with Gasteiger partial charge in [-0.3, -0.25) is 4.79 Å². The fraction of sp³-hybridized carbons (Fsp3) is 0.400. The van der Waals surface area contributed by atoms with Crippen LogP contribution in [0.3, 0.4) is 0 Å². The zero-order valence-corrected chi connectivity index (χ0v) is 8.60. The molecule has 0 aliphatic heterocycles. The highest BCUT2D eigenvalue weighted by Gasteiger charge is 2.33. The Bertz CT molecular complexity index is 318. The SMILES string of the molecule is COC(=O)C1C=CC(N)(C(=O)OC)C=C1. The number of esters is 2. The van der Waals surface area contributed by atoms with Crippen molar-refractivity contribution in [2.45, 2.75) is 5.54 Å². The fourth-order valence-corrected chi connectivity index (χ4v) is 1.25. The van der Waals surface area contributed by atoms with Crippen molar-refractivity contribution < 1.29 is 19.1 Å². The predicted octanol–water partition coefficient (Wildman–Crippen LogP) is -0.228. The fourth-order valence-electron chi connectivity index (χ4n) is 1.25. The average Bonchev–Trinajstić information content (AvgIpc) is 2.28. The van der Waals surface area contributed by atoms with Gasteiger partial charge in [0.15, 0.2) is 5.54 Å². The lowest BCUT2D eigenvalue weighted by atomic mass is 9.90. The number of hydrogen-bond donors (Lipinski definition) is 1. The van der Waals surface area contributed by atoms with Gasteiger partial charge in [-0.1, -0.05) is 24.3 Å². The number of carbonyl (C=O) groups is 2. The van der Waals surface area contributed by atoms with Crippen LogP contribution in [0.25, 0.3) is 0 Å². The molecule has 0 amide bonds. The van der Waals surface area contributed by atoms with E-state index in [1.807, 2.05) is 0 Å². The van der Waals surface area contributed by atoms with Gasteiger partial charge in [-0.05, 0) is 0 Å². The van der Waals surface area contributed by atoms with Crippen molar-refractivity contribution in [3.63, 3.8) is 0 Å². The normalized spacial score (nSPS) is 28.6. The number of ether oxygens (including phenoxy) is 2. The Labute approximate surface area is 87.5 Å². The molecule has 2 N–H and O–H groups in total. The molecular formula is C10H13NO4. The van der Waals surface area contributed by atoms with Crippen LogP contribution < -0.4 is 5.73 Å². The topological polar surface area (TPSA) is 78.6 Å². The number of nitrogens with two attached hydrogens (primary N) is 1. The summed E-state index contributed by atoms with van der Waals surface area (Å²) in [7, 11) is 2.56. The molecule has 0 saturated carbocycles. The Morgan fingerprint density at radius 3 is 2.13 bits per heavy atom. The Hall–Kier alpha value is -1.62. The Morgan fingerprint density at radius 2 is 1.73 bits per heavy atom. The maximum absolute atomic E-state index is 11.3. The van der Waals surface area contributed by atoms with E-state index in [9.17, 15) is 9.59 Å². The summed E-state index contributed by atoms with van der Waals surface area (Å²) in [6, 6.07) is 0. The first-order valence-electron chi connectivity index (χ1n) is 4.37. The molecule has 0 aromatic heterocycles. The molecule has 15 heavy (non-hydrogen) atoms. The highest BCUT2D eigenvalue weighted by Crippen LogP contribution is 2.18. The van der Waals surface area contributed by atoms with Crippen molar-refractivity contribution >= 4 is 11.9 Å². The second-order valence-electron chi connectivity index (χ2n) is 3.19. The second-order valence-corrected chi connectivity index (χ2v) is 3.19. The smallest absolute Gasteiger partial charge is 0.333 e. The van der Waals surface area contributed by atoms with Crippen LogP contribution in [0.2, 0.25) is 0 Å². The molecular weight excluding hydrogens is 198 g/mol. The Balaban J connectivity index is 2.79. The molecule has 0 fully saturated rings. The maximum Gasteiger partial charge on any atom is 0.333 e. The zero-order valence-electron chi connectivity index (χ0n) is 8.60.